The van der Waals surface area contributed by atoms with Gasteiger partial charge in [0.15, 0.2) is 0 Å². The van der Waals surface area contributed by atoms with Crippen LogP contribution >= 0.6 is 0 Å². The number of H-pyrrole nitrogens is 1. The number of rotatable bonds is 8. The maximum absolute atomic E-state index is 11.3. The molecule has 1 heterocycles. The number of aromatic amines is 1. The number of aryl methyl sites for hydroxylation is 1. The van der Waals surface area contributed by atoms with Crippen molar-refractivity contribution in [3.8, 4) is 0 Å². The highest BCUT2D eigenvalue weighted by Crippen LogP contribution is 1.97. The summed E-state index contributed by atoms with van der Waals surface area (Å²) in [4.78, 5) is 18.2. The van der Waals surface area contributed by atoms with Crippen molar-refractivity contribution in [2.24, 2.45) is 0 Å². The van der Waals surface area contributed by atoms with E-state index in [0.29, 0.717) is 18.2 Å². The second-order valence-corrected chi connectivity index (χ2v) is 3.60. The molecule has 6 heteroatoms. The van der Waals surface area contributed by atoms with Gasteiger partial charge in [0.1, 0.15) is 11.6 Å². The van der Waals surface area contributed by atoms with Gasteiger partial charge in [-0.1, -0.05) is 6.92 Å². The summed E-state index contributed by atoms with van der Waals surface area (Å²) < 4.78 is 4.91. The summed E-state index contributed by atoms with van der Waals surface area (Å²) in [5, 5.41) is 6.30. The summed E-state index contributed by atoms with van der Waals surface area (Å²) in [6.07, 6.45) is 0.719. The number of anilines is 1. The number of nitrogens with zero attached hydrogens (tertiary/aromatic N) is 1. The molecule has 0 atom stereocenters. The average molecular weight is 240 g/mol. The van der Waals surface area contributed by atoms with Gasteiger partial charge in [-0.15, -0.1) is 0 Å². The van der Waals surface area contributed by atoms with Crippen molar-refractivity contribution < 1.29 is 4.74 Å². The molecule has 0 aliphatic rings. The number of nitrogens with one attached hydrogen (secondary N) is 3. The Balaban J connectivity index is 2.31. The SMILES string of the molecule is CCc1nc(NCCNCCOC)cc(=O)[nH]1. The summed E-state index contributed by atoms with van der Waals surface area (Å²) in [7, 11) is 1.67. The highest BCUT2D eigenvalue weighted by Gasteiger charge is 1.98. The number of hydrogen-bond donors (Lipinski definition) is 3. The highest BCUT2D eigenvalue weighted by atomic mass is 16.5. The van der Waals surface area contributed by atoms with E-state index < -0.39 is 0 Å². The maximum Gasteiger partial charge on any atom is 0.252 e. The molecule has 1 aromatic rings. The van der Waals surface area contributed by atoms with Crippen molar-refractivity contribution in [3.05, 3.63) is 22.2 Å². The topological polar surface area (TPSA) is 79.0 Å². The minimum Gasteiger partial charge on any atom is -0.383 e. The van der Waals surface area contributed by atoms with Crippen molar-refractivity contribution in [1.82, 2.24) is 15.3 Å². The molecule has 0 fully saturated rings. The molecule has 0 radical (unpaired) electrons. The van der Waals surface area contributed by atoms with Crippen LogP contribution in [0.4, 0.5) is 5.82 Å². The van der Waals surface area contributed by atoms with Gasteiger partial charge in [0.2, 0.25) is 0 Å². The molecular weight excluding hydrogens is 220 g/mol. The molecule has 1 aromatic heterocycles. The minimum atomic E-state index is -0.119. The van der Waals surface area contributed by atoms with E-state index >= 15 is 0 Å². The van der Waals surface area contributed by atoms with Crippen molar-refractivity contribution >= 4 is 5.82 Å². The fourth-order valence-corrected chi connectivity index (χ4v) is 1.34. The zero-order chi connectivity index (χ0) is 12.5. The largest absolute Gasteiger partial charge is 0.383 e. The second kappa shape index (κ2) is 7.81. The lowest BCUT2D eigenvalue weighted by Gasteiger charge is -2.07. The number of hydrogen-bond acceptors (Lipinski definition) is 5. The molecule has 1 rings (SSSR count). The molecular formula is C11H20N4O2. The highest BCUT2D eigenvalue weighted by molar-refractivity contribution is 5.32. The second-order valence-electron chi connectivity index (χ2n) is 3.60. The molecule has 0 aromatic carbocycles. The summed E-state index contributed by atoms with van der Waals surface area (Å²) in [5.74, 6) is 1.33. The first-order valence-corrected chi connectivity index (χ1v) is 5.80. The van der Waals surface area contributed by atoms with Crippen LogP contribution in [0.15, 0.2) is 10.9 Å². The van der Waals surface area contributed by atoms with Crippen LogP contribution in [0.2, 0.25) is 0 Å². The van der Waals surface area contributed by atoms with Gasteiger partial charge in [0.25, 0.3) is 5.56 Å². The van der Waals surface area contributed by atoms with Gasteiger partial charge in [-0.2, -0.15) is 0 Å². The summed E-state index contributed by atoms with van der Waals surface area (Å²) in [6.45, 7) is 5.00. The molecule has 96 valence electrons. The Bertz CT molecular complexity index is 378. The standard InChI is InChI=1S/C11H20N4O2/c1-3-9-14-10(8-11(16)15-9)13-5-4-12-6-7-17-2/h8,12H,3-7H2,1-2H3,(H2,13,14,15,16). The lowest BCUT2D eigenvalue weighted by Crippen LogP contribution is -2.26. The molecule has 3 N–H and O–H groups in total. The third-order valence-electron chi connectivity index (χ3n) is 2.22. The van der Waals surface area contributed by atoms with Gasteiger partial charge in [0.05, 0.1) is 6.61 Å². The van der Waals surface area contributed by atoms with Crippen molar-refractivity contribution in [2.75, 3.05) is 38.7 Å². The zero-order valence-corrected chi connectivity index (χ0v) is 10.4. The van der Waals surface area contributed by atoms with E-state index in [2.05, 4.69) is 20.6 Å². The molecule has 0 spiro atoms. The Kier molecular flexibility index (Phi) is 6.27. The third-order valence-corrected chi connectivity index (χ3v) is 2.22. The van der Waals surface area contributed by atoms with Gasteiger partial charge in [-0.25, -0.2) is 4.98 Å². The summed E-state index contributed by atoms with van der Waals surface area (Å²) in [5.41, 5.74) is -0.119. The Labute approximate surface area is 101 Å². The van der Waals surface area contributed by atoms with Crippen LogP contribution in [0, 0.1) is 0 Å². The Hall–Kier alpha value is -1.40. The molecule has 0 amide bonds. The van der Waals surface area contributed by atoms with Gasteiger partial charge >= 0.3 is 0 Å². The molecule has 0 saturated carbocycles. The Morgan fingerprint density at radius 2 is 2.24 bits per heavy atom. The minimum absolute atomic E-state index is 0.119. The van der Waals surface area contributed by atoms with Crippen molar-refractivity contribution in [2.45, 2.75) is 13.3 Å². The zero-order valence-electron chi connectivity index (χ0n) is 10.4. The van der Waals surface area contributed by atoms with Crippen LogP contribution in [0.3, 0.4) is 0 Å². The molecule has 0 aliphatic heterocycles. The molecule has 0 aliphatic carbocycles. The molecule has 0 saturated heterocycles. The predicted octanol–water partition coefficient (Wildman–Crippen LogP) is -0.0198. The first-order chi connectivity index (χ1) is 8.26. The van der Waals surface area contributed by atoms with Gasteiger partial charge < -0.3 is 20.4 Å². The number of aromatic nitrogens is 2. The normalized spacial score (nSPS) is 10.5. The van der Waals surface area contributed by atoms with E-state index in [1.165, 1.54) is 6.07 Å². The van der Waals surface area contributed by atoms with Crippen LogP contribution in [0.1, 0.15) is 12.7 Å². The van der Waals surface area contributed by atoms with Gasteiger partial charge in [0, 0.05) is 39.2 Å². The average Bonchev–Trinajstić information content (AvgIpc) is 2.33. The first-order valence-electron chi connectivity index (χ1n) is 5.80. The van der Waals surface area contributed by atoms with Crippen molar-refractivity contribution in [1.29, 1.82) is 0 Å². The Morgan fingerprint density at radius 3 is 2.94 bits per heavy atom. The van der Waals surface area contributed by atoms with E-state index in [-0.39, 0.29) is 5.56 Å². The summed E-state index contributed by atoms with van der Waals surface area (Å²) >= 11 is 0. The van der Waals surface area contributed by atoms with Gasteiger partial charge in [-0.05, 0) is 0 Å². The summed E-state index contributed by atoms with van der Waals surface area (Å²) in [6, 6.07) is 1.47. The monoisotopic (exact) mass is 240 g/mol. The van der Waals surface area contributed by atoms with Crippen LogP contribution in [-0.2, 0) is 11.2 Å². The molecule has 0 unspecified atom stereocenters. The van der Waals surface area contributed by atoms with Crippen LogP contribution in [0.25, 0.3) is 0 Å². The van der Waals surface area contributed by atoms with E-state index in [1.54, 1.807) is 7.11 Å². The Morgan fingerprint density at radius 1 is 1.41 bits per heavy atom. The van der Waals surface area contributed by atoms with Crippen LogP contribution in [-0.4, -0.2) is 43.3 Å². The van der Waals surface area contributed by atoms with E-state index in [4.69, 9.17) is 4.74 Å². The van der Waals surface area contributed by atoms with Crippen molar-refractivity contribution in [3.63, 3.8) is 0 Å². The number of methoxy groups -OCH3 is 1. The van der Waals surface area contributed by atoms with E-state index in [1.807, 2.05) is 6.92 Å². The molecule has 17 heavy (non-hydrogen) atoms. The lowest BCUT2D eigenvalue weighted by molar-refractivity contribution is 0.200. The smallest absolute Gasteiger partial charge is 0.252 e. The maximum atomic E-state index is 11.3. The molecule has 0 bridgehead atoms. The third kappa shape index (κ3) is 5.46. The first kappa shape index (κ1) is 13.7. The van der Waals surface area contributed by atoms with Crippen LogP contribution < -0.4 is 16.2 Å². The fourth-order valence-electron chi connectivity index (χ4n) is 1.34. The quantitative estimate of drug-likeness (QED) is 0.557. The molecule has 6 nitrogen and oxygen atoms in total. The van der Waals surface area contributed by atoms with Gasteiger partial charge in [-0.3, -0.25) is 4.79 Å². The lowest BCUT2D eigenvalue weighted by atomic mass is 10.4. The number of ether oxygens (including phenoxy) is 1. The predicted molar refractivity (Wildman–Crippen MR) is 67.5 cm³/mol. The fraction of sp³-hybridized carbons (Fsp3) is 0.636. The van der Waals surface area contributed by atoms with E-state index in [0.717, 1.165) is 26.1 Å². The van der Waals surface area contributed by atoms with Crippen LogP contribution in [0.5, 0.6) is 0 Å². The van der Waals surface area contributed by atoms with E-state index in [9.17, 15) is 4.79 Å².